The van der Waals surface area contributed by atoms with Crippen molar-refractivity contribution in [3.63, 3.8) is 0 Å². The highest BCUT2D eigenvalue weighted by atomic mass is 35.5. The van der Waals surface area contributed by atoms with E-state index >= 15 is 0 Å². The molecule has 14 heteroatoms. The lowest BCUT2D eigenvalue weighted by atomic mass is 10.0. The first-order valence-corrected chi connectivity index (χ1v) is 16.4. The molecule has 0 radical (unpaired) electrons. The van der Waals surface area contributed by atoms with Crippen LogP contribution in [0.1, 0.15) is 40.9 Å². The molecule has 2 N–H and O–H groups in total. The molecular weight excluding hydrogens is 680 g/mol. The summed E-state index contributed by atoms with van der Waals surface area (Å²) in [5, 5.41) is 26.4. The Balaban J connectivity index is 1.15. The van der Waals surface area contributed by atoms with Crippen molar-refractivity contribution in [1.82, 2.24) is 29.9 Å². The average molecular weight is 709 g/mol. The number of nitrogens with one attached hydrogen (secondary N) is 2. The highest BCUT2D eigenvalue weighted by molar-refractivity contribution is 6.36. The Morgan fingerprint density at radius 1 is 1.06 bits per heavy atom. The molecule has 3 aromatic heterocycles. The van der Waals surface area contributed by atoms with E-state index in [2.05, 4.69) is 37.0 Å². The van der Waals surface area contributed by atoms with E-state index < -0.39 is 11.9 Å². The quantitative estimate of drug-likeness (QED) is 0.153. The minimum Gasteiger partial charge on any atom is -0.445 e. The maximum atomic E-state index is 13.9. The maximum absolute atomic E-state index is 13.9. The van der Waals surface area contributed by atoms with Crippen molar-refractivity contribution in [3.05, 3.63) is 136 Å². The van der Waals surface area contributed by atoms with Crippen molar-refractivity contribution < 1.29 is 13.9 Å². The second-order valence-electron chi connectivity index (χ2n) is 11.7. The van der Waals surface area contributed by atoms with E-state index in [1.54, 1.807) is 28.0 Å². The van der Waals surface area contributed by atoms with Crippen LogP contribution in [0.3, 0.4) is 0 Å². The van der Waals surface area contributed by atoms with Gasteiger partial charge >= 0.3 is 6.09 Å². The molecule has 0 aliphatic carbocycles. The van der Waals surface area contributed by atoms with Crippen LogP contribution in [0.15, 0.2) is 97.6 Å². The Morgan fingerprint density at radius 3 is 2.68 bits per heavy atom. The van der Waals surface area contributed by atoms with Crippen LogP contribution in [0.25, 0.3) is 10.9 Å². The fourth-order valence-corrected chi connectivity index (χ4v) is 6.31. The van der Waals surface area contributed by atoms with Gasteiger partial charge in [-0.1, -0.05) is 64.8 Å². The summed E-state index contributed by atoms with van der Waals surface area (Å²) in [5.41, 5.74) is 4.59. The van der Waals surface area contributed by atoms with Gasteiger partial charge in [-0.05, 0) is 53.9 Å². The van der Waals surface area contributed by atoms with Crippen LogP contribution in [0, 0.1) is 17.1 Å². The number of amides is 1. The maximum Gasteiger partial charge on any atom is 0.410 e. The fraction of sp³-hybridized carbons (Fsp3) is 0.167. The van der Waals surface area contributed by atoms with Gasteiger partial charge in [0.1, 0.15) is 24.2 Å². The van der Waals surface area contributed by atoms with E-state index in [0.29, 0.717) is 58.2 Å². The molecule has 50 heavy (non-hydrogen) atoms. The normalized spacial score (nSPS) is 14.7. The van der Waals surface area contributed by atoms with Gasteiger partial charge in [0.15, 0.2) is 0 Å². The van der Waals surface area contributed by atoms with E-state index in [1.807, 2.05) is 54.7 Å². The molecule has 0 spiro atoms. The molecule has 2 atom stereocenters. The fourth-order valence-electron chi connectivity index (χ4n) is 5.86. The molecule has 0 saturated carbocycles. The summed E-state index contributed by atoms with van der Waals surface area (Å²) in [6, 6.07) is 22.7. The lowest BCUT2D eigenvalue weighted by molar-refractivity contribution is 0.103. The van der Waals surface area contributed by atoms with Crippen molar-refractivity contribution in [3.8, 4) is 6.07 Å². The van der Waals surface area contributed by atoms with Gasteiger partial charge in [0.25, 0.3) is 0 Å². The molecule has 1 aliphatic rings. The number of fused-ring (bicyclic) bond motifs is 1. The van der Waals surface area contributed by atoms with Crippen molar-refractivity contribution in [2.75, 3.05) is 23.7 Å². The third kappa shape index (κ3) is 7.01. The molecule has 6 aromatic rings. The number of carbonyl (C=O) groups is 1. The van der Waals surface area contributed by atoms with E-state index in [9.17, 15) is 14.4 Å². The van der Waals surface area contributed by atoms with Gasteiger partial charge in [-0.15, -0.1) is 5.10 Å². The zero-order chi connectivity index (χ0) is 34.6. The van der Waals surface area contributed by atoms with Gasteiger partial charge in [0, 0.05) is 48.4 Å². The Bertz CT molecular complexity index is 2210. The Hall–Kier alpha value is -5.77. The van der Waals surface area contributed by atoms with E-state index in [4.69, 9.17) is 27.9 Å². The minimum absolute atomic E-state index is 0.0621. The molecule has 250 valence electrons. The molecule has 1 saturated heterocycles. The van der Waals surface area contributed by atoms with Gasteiger partial charge in [-0.25, -0.2) is 13.9 Å². The number of carbonyl (C=O) groups excluding carboxylic acids is 1. The molecule has 11 nitrogen and oxygen atoms in total. The number of ether oxygens (including phenoxy) is 1. The molecular formula is C36H28Cl2FN9O2. The standard InChI is InChI=1S/C36H28Cl2FN9O2/c37-29-14-25(8-9-31(29)39)43-33-24(16-40)18-42-35-28(33)13-26(15-30(35)38)44-34(23-7-4-11-41-17-23)32-20-48(46-45-32)27-10-12-47(19-27)36(49)50-21-22-5-2-1-3-6-22/h1-9,11,13-15,17-18,20,27,34,44H,10,12,19,21H2,(H,42,43)/t27-,34?/m1/s1. The topological polar surface area (TPSA) is 134 Å². The van der Waals surface area contributed by atoms with Crippen LogP contribution >= 0.6 is 23.2 Å². The third-order valence-electron chi connectivity index (χ3n) is 8.39. The Labute approximate surface area is 296 Å². The van der Waals surface area contributed by atoms with Crippen molar-refractivity contribution in [1.29, 1.82) is 5.26 Å². The highest BCUT2D eigenvalue weighted by Gasteiger charge is 2.30. The second-order valence-corrected chi connectivity index (χ2v) is 12.5. The summed E-state index contributed by atoms with van der Waals surface area (Å²) in [7, 11) is 0. The Kier molecular flexibility index (Phi) is 9.42. The number of hydrogen-bond acceptors (Lipinski definition) is 9. The highest BCUT2D eigenvalue weighted by Crippen LogP contribution is 2.37. The van der Waals surface area contributed by atoms with E-state index in [-0.39, 0.29) is 29.3 Å². The number of aromatic nitrogens is 5. The zero-order valence-corrected chi connectivity index (χ0v) is 27.8. The molecule has 4 heterocycles. The van der Waals surface area contributed by atoms with Gasteiger partial charge in [0.05, 0.1) is 45.1 Å². The summed E-state index contributed by atoms with van der Waals surface area (Å²) in [6.45, 7) is 1.18. The molecule has 1 amide bonds. The van der Waals surface area contributed by atoms with Gasteiger partial charge in [-0.2, -0.15) is 5.26 Å². The first kappa shape index (κ1) is 32.8. The third-order valence-corrected chi connectivity index (χ3v) is 8.97. The van der Waals surface area contributed by atoms with Crippen LogP contribution < -0.4 is 10.6 Å². The smallest absolute Gasteiger partial charge is 0.410 e. The summed E-state index contributed by atoms with van der Waals surface area (Å²) in [6.07, 6.45) is 7.03. The molecule has 1 aliphatic heterocycles. The summed E-state index contributed by atoms with van der Waals surface area (Å²) >= 11 is 12.8. The molecule has 3 aromatic carbocycles. The molecule has 0 bridgehead atoms. The summed E-state index contributed by atoms with van der Waals surface area (Å²) in [5.74, 6) is -0.559. The number of benzene rings is 3. The predicted octanol–water partition coefficient (Wildman–Crippen LogP) is 8.07. The number of rotatable bonds is 9. The van der Waals surface area contributed by atoms with E-state index in [1.165, 1.54) is 24.4 Å². The summed E-state index contributed by atoms with van der Waals surface area (Å²) < 4.78 is 21.2. The number of nitrogens with zero attached hydrogens (tertiary/aromatic N) is 7. The largest absolute Gasteiger partial charge is 0.445 e. The second kappa shape index (κ2) is 14.4. The number of hydrogen-bond donors (Lipinski definition) is 2. The molecule has 7 rings (SSSR count). The number of anilines is 3. The number of nitriles is 1. The van der Waals surface area contributed by atoms with Gasteiger partial charge in [-0.3, -0.25) is 9.97 Å². The number of likely N-dealkylation sites (tertiary alicyclic amines) is 1. The van der Waals surface area contributed by atoms with E-state index in [0.717, 1.165) is 11.1 Å². The van der Waals surface area contributed by atoms with Crippen LogP contribution in [0.5, 0.6) is 0 Å². The lowest BCUT2D eigenvalue weighted by Crippen LogP contribution is -2.29. The SMILES string of the molecule is N#Cc1cnc2c(Cl)cc(NC(c3cccnc3)c3cn([C@@H]4CCN(C(=O)OCc5ccccc5)C4)nn3)cc2c1Nc1ccc(F)c(Cl)c1. The Morgan fingerprint density at radius 2 is 1.90 bits per heavy atom. The first-order valence-electron chi connectivity index (χ1n) is 15.6. The molecule has 1 unspecified atom stereocenters. The van der Waals surface area contributed by atoms with Crippen molar-refractivity contribution in [2.24, 2.45) is 0 Å². The average Bonchev–Trinajstić information content (AvgIpc) is 3.83. The predicted molar refractivity (Wildman–Crippen MR) is 188 cm³/mol. The lowest BCUT2D eigenvalue weighted by Gasteiger charge is -2.20. The number of pyridine rings is 2. The van der Waals surface area contributed by atoms with Crippen LogP contribution in [0.2, 0.25) is 10.0 Å². The first-order chi connectivity index (χ1) is 24.4. The monoisotopic (exact) mass is 707 g/mol. The number of halogens is 3. The molecule has 1 fully saturated rings. The minimum atomic E-state index is -0.559. The van der Waals surface area contributed by atoms with Crippen molar-refractivity contribution >= 4 is 57.3 Å². The van der Waals surface area contributed by atoms with Crippen LogP contribution in [-0.4, -0.2) is 49.0 Å². The van der Waals surface area contributed by atoms with Crippen LogP contribution in [-0.2, 0) is 11.3 Å². The van der Waals surface area contributed by atoms with Gasteiger partial charge < -0.3 is 20.3 Å². The van der Waals surface area contributed by atoms with Crippen molar-refractivity contribution in [2.45, 2.75) is 25.1 Å². The summed E-state index contributed by atoms with van der Waals surface area (Å²) in [4.78, 5) is 23.2. The van der Waals surface area contributed by atoms with Gasteiger partial charge in [0.2, 0.25) is 0 Å². The van der Waals surface area contributed by atoms with Crippen LogP contribution in [0.4, 0.5) is 26.2 Å². The zero-order valence-electron chi connectivity index (χ0n) is 26.3.